The minimum absolute atomic E-state index is 0.320. The van der Waals surface area contributed by atoms with Crippen LogP contribution in [0.1, 0.15) is 25.7 Å². The second-order valence-corrected chi connectivity index (χ2v) is 5.02. The molecule has 0 aromatic heterocycles. The molecule has 1 heterocycles. The zero-order chi connectivity index (χ0) is 9.71. The van der Waals surface area contributed by atoms with Crippen LogP contribution in [0.4, 0.5) is 0 Å². The molecular formula is C11H18N2O. The topological polar surface area (TPSA) is 46.3 Å². The number of fused-ring (bicyclic) bond motifs is 1. The molecule has 0 aromatic rings. The monoisotopic (exact) mass is 194 g/mol. The molecule has 2 saturated carbocycles. The van der Waals surface area contributed by atoms with Gasteiger partial charge < -0.3 is 10.6 Å². The molecule has 2 aliphatic carbocycles. The number of rotatable bonds is 2. The van der Waals surface area contributed by atoms with Crippen LogP contribution >= 0.6 is 0 Å². The van der Waals surface area contributed by atoms with Crippen molar-refractivity contribution in [3.63, 3.8) is 0 Å². The van der Waals surface area contributed by atoms with E-state index in [1.165, 1.54) is 25.7 Å². The molecule has 1 aliphatic heterocycles. The Morgan fingerprint density at radius 1 is 1.36 bits per heavy atom. The highest BCUT2D eigenvalue weighted by Crippen LogP contribution is 2.53. The van der Waals surface area contributed by atoms with Crippen molar-refractivity contribution in [1.82, 2.24) is 4.90 Å². The van der Waals surface area contributed by atoms with E-state index < -0.39 is 0 Å². The van der Waals surface area contributed by atoms with Gasteiger partial charge in [0, 0.05) is 18.5 Å². The third-order valence-corrected chi connectivity index (χ3v) is 4.34. The lowest BCUT2D eigenvalue weighted by Gasteiger charge is -2.26. The van der Waals surface area contributed by atoms with Crippen molar-refractivity contribution in [3.8, 4) is 0 Å². The summed E-state index contributed by atoms with van der Waals surface area (Å²) in [7, 11) is 0. The number of likely N-dealkylation sites (tertiary alicyclic amines) is 1. The Morgan fingerprint density at radius 3 is 2.57 bits per heavy atom. The normalized spacial score (nSPS) is 41.9. The van der Waals surface area contributed by atoms with E-state index in [1.54, 1.807) is 0 Å². The van der Waals surface area contributed by atoms with Crippen LogP contribution in [0.3, 0.4) is 0 Å². The zero-order valence-corrected chi connectivity index (χ0v) is 8.48. The van der Waals surface area contributed by atoms with E-state index in [0.717, 1.165) is 6.54 Å². The average Bonchev–Trinajstić information content (AvgIpc) is 2.58. The van der Waals surface area contributed by atoms with Gasteiger partial charge in [-0.3, -0.25) is 4.79 Å². The summed E-state index contributed by atoms with van der Waals surface area (Å²) < 4.78 is 0. The first-order valence-corrected chi connectivity index (χ1v) is 5.83. The standard InChI is InChI=1S/C11H18N2O/c12-5-8-9-6-13(11(14)10(8)9)7-3-1-2-4-7/h7-10H,1-6,12H2. The van der Waals surface area contributed by atoms with Gasteiger partial charge in [0.1, 0.15) is 0 Å². The molecular weight excluding hydrogens is 176 g/mol. The second kappa shape index (κ2) is 2.96. The lowest BCUT2D eigenvalue weighted by molar-refractivity contribution is -0.132. The Morgan fingerprint density at radius 2 is 2.07 bits per heavy atom. The Labute approximate surface area is 84.6 Å². The Bertz CT molecular complexity index is 260. The number of carbonyl (C=O) groups is 1. The van der Waals surface area contributed by atoms with Crippen LogP contribution in [0.5, 0.6) is 0 Å². The van der Waals surface area contributed by atoms with Crippen LogP contribution in [0, 0.1) is 17.8 Å². The smallest absolute Gasteiger partial charge is 0.226 e. The van der Waals surface area contributed by atoms with E-state index in [1.807, 2.05) is 0 Å². The molecule has 3 unspecified atom stereocenters. The molecule has 0 bridgehead atoms. The molecule has 3 fully saturated rings. The van der Waals surface area contributed by atoms with Crippen molar-refractivity contribution in [1.29, 1.82) is 0 Å². The third-order valence-electron chi connectivity index (χ3n) is 4.34. The quantitative estimate of drug-likeness (QED) is 0.699. The molecule has 3 rings (SSSR count). The fourth-order valence-corrected chi connectivity index (χ4v) is 3.44. The van der Waals surface area contributed by atoms with Crippen LogP contribution < -0.4 is 5.73 Å². The van der Waals surface area contributed by atoms with Gasteiger partial charge in [0.2, 0.25) is 5.91 Å². The highest BCUT2D eigenvalue weighted by atomic mass is 16.2. The highest BCUT2D eigenvalue weighted by Gasteiger charge is 2.61. The maximum Gasteiger partial charge on any atom is 0.226 e. The third kappa shape index (κ3) is 1.05. The molecule has 3 aliphatic rings. The first-order valence-electron chi connectivity index (χ1n) is 5.83. The lowest BCUT2D eigenvalue weighted by atomic mass is 10.2. The molecule has 0 radical (unpaired) electrons. The summed E-state index contributed by atoms with van der Waals surface area (Å²) >= 11 is 0. The Balaban J connectivity index is 1.67. The van der Waals surface area contributed by atoms with Gasteiger partial charge in [0.25, 0.3) is 0 Å². The van der Waals surface area contributed by atoms with E-state index >= 15 is 0 Å². The summed E-state index contributed by atoms with van der Waals surface area (Å²) in [4.78, 5) is 14.1. The van der Waals surface area contributed by atoms with Crippen LogP contribution in [0.2, 0.25) is 0 Å². The minimum atomic E-state index is 0.320. The predicted molar refractivity (Wildman–Crippen MR) is 53.5 cm³/mol. The predicted octanol–water partition coefficient (Wildman–Crippen LogP) is 0.592. The van der Waals surface area contributed by atoms with E-state index in [9.17, 15) is 4.79 Å². The van der Waals surface area contributed by atoms with Crippen molar-refractivity contribution >= 4 is 5.91 Å². The summed E-state index contributed by atoms with van der Waals surface area (Å²) in [5.74, 6) is 1.88. The number of carbonyl (C=O) groups excluding carboxylic acids is 1. The molecule has 1 saturated heterocycles. The van der Waals surface area contributed by atoms with Gasteiger partial charge in [-0.15, -0.1) is 0 Å². The molecule has 3 nitrogen and oxygen atoms in total. The average molecular weight is 194 g/mol. The number of hydrogen-bond acceptors (Lipinski definition) is 2. The van der Waals surface area contributed by atoms with Gasteiger partial charge in [-0.05, 0) is 31.2 Å². The van der Waals surface area contributed by atoms with Gasteiger partial charge >= 0.3 is 0 Å². The van der Waals surface area contributed by atoms with Gasteiger partial charge in [-0.25, -0.2) is 0 Å². The van der Waals surface area contributed by atoms with Gasteiger partial charge in [0.05, 0.1) is 0 Å². The maximum atomic E-state index is 12.0. The van der Waals surface area contributed by atoms with Crippen molar-refractivity contribution in [2.24, 2.45) is 23.5 Å². The number of amides is 1. The van der Waals surface area contributed by atoms with Crippen LogP contribution in [-0.4, -0.2) is 29.9 Å². The van der Waals surface area contributed by atoms with E-state index in [2.05, 4.69) is 4.90 Å². The van der Waals surface area contributed by atoms with Crippen LogP contribution in [-0.2, 0) is 4.79 Å². The first-order chi connectivity index (χ1) is 6.83. The minimum Gasteiger partial charge on any atom is -0.339 e. The molecule has 14 heavy (non-hydrogen) atoms. The number of nitrogens with two attached hydrogens (primary N) is 1. The Hall–Kier alpha value is -0.570. The summed E-state index contributed by atoms with van der Waals surface area (Å²) in [5, 5.41) is 0. The Kier molecular flexibility index (Phi) is 1.84. The lowest BCUT2D eigenvalue weighted by Crippen LogP contribution is -2.38. The summed E-state index contributed by atoms with van der Waals surface area (Å²) in [6, 6.07) is 0.578. The molecule has 0 spiro atoms. The number of nitrogens with zero attached hydrogens (tertiary/aromatic N) is 1. The van der Waals surface area contributed by atoms with Crippen molar-refractivity contribution in [2.45, 2.75) is 31.7 Å². The van der Waals surface area contributed by atoms with E-state index in [4.69, 9.17) is 5.73 Å². The van der Waals surface area contributed by atoms with Crippen molar-refractivity contribution < 1.29 is 4.79 Å². The SMILES string of the molecule is NCC1C2CN(C3CCCC3)C(=O)C12. The molecule has 2 N–H and O–H groups in total. The number of piperidine rings is 1. The summed E-state index contributed by atoms with van der Waals surface area (Å²) in [6.07, 6.45) is 5.09. The molecule has 3 heteroatoms. The van der Waals surface area contributed by atoms with Crippen molar-refractivity contribution in [3.05, 3.63) is 0 Å². The van der Waals surface area contributed by atoms with Gasteiger partial charge in [-0.2, -0.15) is 0 Å². The number of hydrogen-bond donors (Lipinski definition) is 1. The van der Waals surface area contributed by atoms with E-state index in [-0.39, 0.29) is 0 Å². The van der Waals surface area contributed by atoms with Crippen LogP contribution in [0.15, 0.2) is 0 Å². The van der Waals surface area contributed by atoms with Crippen molar-refractivity contribution in [2.75, 3.05) is 13.1 Å². The van der Waals surface area contributed by atoms with Gasteiger partial charge in [0.15, 0.2) is 0 Å². The fourth-order valence-electron chi connectivity index (χ4n) is 3.44. The van der Waals surface area contributed by atoms with Gasteiger partial charge in [-0.1, -0.05) is 12.8 Å². The largest absolute Gasteiger partial charge is 0.339 e. The molecule has 3 atom stereocenters. The summed E-state index contributed by atoms with van der Waals surface area (Å²) in [5.41, 5.74) is 5.61. The molecule has 1 amide bonds. The molecule has 0 aromatic carbocycles. The molecule has 78 valence electrons. The highest BCUT2D eigenvalue weighted by molar-refractivity contribution is 5.85. The second-order valence-electron chi connectivity index (χ2n) is 5.02. The van der Waals surface area contributed by atoms with Crippen LogP contribution in [0.25, 0.3) is 0 Å². The zero-order valence-electron chi connectivity index (χ0n) is 8.48. The fraction of sp³-hybridized carbons (Fsp3) is 0.909. The first kappa shape index (κ1) is 8.72. The maximum absolute atomic E-state index is 12.0. The summed E-state index contributed by atoms with van der Waals surface area (Å²) in [6.45, 7) is 1.72. The van der Waals surface area contributed by atoms with E-state index in [0.29, 0.717) is 36.2 Å².